The van der Waals surface area contributed by atoms with Crippen molar-refractivity contribution in [3.63, 3.8) is 0 Å². The van der Waals surface area contributed by atoms with Crippen LogP contribution in [-0.4, -0.2) is 28.8 Å². The SMILES string of the molecule is C[C@@H](CCc1ccccc1)NC(=O)COc1ccc(-c2nnco2)cc1. The standard InChI is InChI=1S/C20H21N3O3/c1-15(7-8-16-5-3-2-4-6-16)22-19(24)13-25-18-11-9-17(10-12-18)20-23-21-14-26-20/h2-6,9-12,14-15H,7-8,13H2,1H3,(H,22,24)/t15-/m0/s1. The molecule has 0 aliphatic carbocycles. The summed E-state index contributed by atoms with van der Waals surface area (Å²) >= 11 is 0. The second kappa shape index (κ2) is 8.80. The maximum absolute atomic E-state index is 12.0. The third-order valence-corrected chi connectivity index (χ3v) is 3.95. The van der Waals surface area contributed by atoms with Crippen LogP contribution in [-0.2, 0) is 11.2 Å². The molecule has 0 radical (unpaired) electrons. The number of nitrogens with zero attached hydrogens (tertiary/aromatic N) is 2. The molecule has 1 atom stereocenters. The topological polar surface area (TPSA) is 77.2 Å². The largest absolute Gasteiger partial charge is 0.484 e. The highest BCUT2D eigenvalue weighted by molar-refractivity contribution is 5.77. The summed E-state index contributed by atoms with van der Waals surface area (Å²) in [5, 5.41) is 10.4. The summed E-state index contributed by atoms with van der Waals surface area (Å²) in [6.45, 7) is 1.98. The molecule has 0 spiro atoms. The Morgan fingerprint density at radius 2 is 1.92 bits per heavy atom. The van der Waals surface area contributed by atoms with E-state index in [9.17, 15) is 4.79 Å². The summed E-state index contributed by atoms with van der Waals surface area (Å²) < 4.78 is 10.7. The van der Waals surface area contributed by atoms with E-state index in [0.717, 1.165) is 18.4 Å². The summed E-state index contributed by atoms with van der Waals surface area (Å²) in [6, 6.07) is 17.5. The fourth-order valence-corrected chi connectivity index (χ4v) is 2.56. The second-order valence-electron chi connectivity index (χ2n) is 6.05. The number of aryl methyl sites for hydroxylation is 1. The Kier molecular flexibility index (Phi) is 5.98. The lowest BCUT2D eigenvalue weighted by Gasteiger charge is -2.14. The monoisotopic (exact) mass is 351 g/mol. The van der Waals surface area contributed by atoms with Gasteiger partial charge in [-0.2, -0.15) is 0 Å². The molecule has 0 bridgehead atoms. The van der Waals surface area contributed by atoms with E-state index in [4.69, 9.17) is 9.15 Å². The molecule has 3 aromatic rings. The number of rotatable bonds is 8. The fourth-order valence-electron chi connectivity index (χ4n) is 2.56. The Balaban J connectivity index is 1.40. The van der Waals surface area contributed by atoms with E-state index in [1.54, 1.807) is 12.1 Å². The highest BCUT2D eigenvalue weighted by Gasteiger charge is 2.09. The van der Waals surface area contributed by atoms with Gasteiger partial charge >= 0.3 is 0 Å². The van der Waals surface area contributed by atoms with Gasteiger partial charge in [0.25, 0.3) is 5.91 Å². The minimum absolute atomic E-state index is 0.0183. The van der Waals surface area contributed by atoms with E-state index in [-0.39, 0.29) is 18.6 Å². The van der Waals surface area contributed by atoms with Crippen LogP contribution in [0.1, 0.15) is 18.9 Å². The van der Waals surface area contributed by atoms with E-state index < -0.39 is 0 Å². The van der Waals surface area contributed by atoms with Gasteiger partial charge in [0.15, 0.2) is 6.61 Å². The van der Waals surface area contributed by atoms with E-state index in [1.165, 1.54) is 12.0 Å². The average molecular weight is 351 g/mol. The minimum Gasteiger partial charge on any atom is -0.484 e. The molecule has 1 N–H and O–H groups in total. The number of ether oxygens (including phenoxy) is 1. The van der Waals surface area contributed by atoms with Gasteiger partial charge in [0, 0.05) is 11.6 Å². The molecule has 3 rings (SSSR count). The zero-order valence-corrected chi connectivity index (χ0v) is 14.6. The Bertz CT molecular complexity index is 802. The lowest BCUT2D eigenvalue weighted by atomic mass is 10.1. The quantitative estimate of drug-likeness (QED) is 0.674. The number of carbonyl (C=O) groups is 1. The molecule has 6 heteroatoms. The molecule has 1 heterocycles. The van der Waals surface area contributed by atoms with Gasteiger partial charge in [-0.05, 0) is 49.6 Å². The van der Waals surface area contributed by atoms with Crippen molar-refractivity contribution in [3.8, 4) is 17.2 Å². The van der Waals surface area contributed by atoms with Gasteiger partial charge in [0.1, 0.15) is 5.75 Å². The first-order valence-electron chi connectivity index (χ1n) is 8.53. The molecule has 2 aromatic carbocycles. The summed E-state index contributed by atoms with van der Waals surface area (Å²) in [5.74, 6) is 0.924. The fraction of sp³-hybridized carbons (Fsp3) is 0.250. The van der Waals surface area contributed by atoms with Crippen molar-refractivity contribution in [1.82, 2.24) is 15.5 Å². The van der Waals surface area contributed by atoms with E-state index in [0.29, 0.717) is 11.6 Å². The number of hydrogen-bond donors (Lipinski definition) is 1. The number of carbonyl (C=O) groups excluding carboxylic acids is 1. The van der Waals surface area contributed by atoms with Crippen molar-refractivity contribution in [2.45, 2.75) is 25.8 Å². The van der Waals surface area contributed by atoms with Gasteiger partial charge in [0.05, 0.1) is 0 Å². The first kappa shape index (κ1) is 17.7. The molecule has 26 heavy (non-hydrogen) atoms. The Labute approximate surface area is 152 Å². The van der Waals surface area contributed by atoms with Gasteiger partial charge in [0.2, 0.25) is 12.3 Å². The first-order chi connectivity index (χ1) is 12.7. The lowest BCUT2D eigenvalue weighted by Crippen LogP contribution is -2.36. The number of hydrogen-bond acceptors (Lipinski definition) is 5. The zero-order chi connectivity index (χ0) is 18.2. The van der Waals surface area contributed by atoms with Gasteiger partial charge in [-0.1, -0.05) is 30.3 Å². The van der Waals surface area contributed by atoms with Gasteiger partial charge in [-0.15, -0.1) is 10.2 Å². The minimum atomic E-state index is -0.133. The molecule has 1 aromatic heterocycles. The van der Waals surface area contributed by atoms with Crippen molar-refractivity contribution in [2.75, 3.05) is 6.61 Å². The highest BCUT2D eigenvalue weighted by atomic mass is 16.5. The van der Waals surface area contributed by atoms with Gasteiger partial charge in [-0.3, -0.25) is 4.79 Å². The van der Waals surface area contributed by atoms with E-state index in [1.807, 2.05) is 37.3 Å². The normalized spacial score (nSPS) is 11.7. The summed E-state index contributed by atoms with van der Waals surface area (Å²) in [4.78, 5) is 12.0. The van der Waals surface area contributed by atoms with Crippen LogP contribution in [0.3, 0.4) is 0 Å². The van der Waals surface area contributed by atoms with Crippen LogP contribution in [0, 0.1) is 0 Å². The molecule has 0 saturated heterocycles. The summed E-state index contributed by atoms with van der Waals surface area (Å²) in [7, 11) is 0. The first-order valence-corrected chi connectivity index (χ1v) is 8.53. The van der Waals surface area contributed by atoms with Crippen LogP contribution >= 0.6 is 0 Å². The number of benzene rings is 2. The van der Waals surface area contributed by atoms with Crippen molar-refractivity contribution >= 4 is 5.91 Å². The Morgan fingerprint density at radius 3 is 2.62 bits per heavy atom. The van der Waals surface area contributed by atoms with Gasteiger partial charge < -0.3 is 14.5 Å². The number of nitrogens with one attached hydrogen (secondary N) is 1. The highest BCUT2D eigenvalue weighted by Crippen LogP contribution is 2.20. The predicted molar refractivity (Wildman–Crippen MR) is 97.6 cm³/mol. The average Bonchev–Trinajstić information content (AvgIpc) is 3.21. The maximum Gasteiger partial charge on any atom is 0.258 e. The molecule has 1 amide bonds. The third kappa shape index (κ3) is 5.17. The van der Waals surface area contributed by atoms with Gasteiger partial charge in [-0.25, -0.2) is 0 Å². The second-order valence-corrected chi connectivity index (χ2v) is 6.05. The lowest BCUT2D eigenvalue weighted by molar-refractivity contribution is -0.123. The Hall–Kier alpha value is -3.15. The summed E-state index contributed by atoms with van der Waals surface area (Å²) in [6.07, 6.45) is 3.10. The zero-order valence-electron chi connectivity index (χ0n) is 14.6. The van der Waals surface area contributed by atoms with Crippen LogP contribution in [0.15, 0.2) is 65.4 Å². The molecule has 0 unspecified atom stereocenters. The van der Waals surface area contributed by atoms with Crippen LogP contribution in [0.25, 0.3) is 11.5 Å². The van der Waals surface area contributed by atoms with E-state index in [2.05, 4.69) is 27.6 Å². The number of aromatic nitrogens is 2. The van der Waals surface area contributed by atoms with Crippen LogP contribution in [0.4, 0.5) is 0 Å². The third-order valence-electron chi connectivity index (χ3n) is 3.95. The predicted octanol–water partition coefficient (Wildman–Crippen LogP) is 3.25. The van der Waals surface area contributed by atoms with Crippen molar-refractivity contribution in [3.05, 3.63) is 66.6 Å². The van der Waals surface area contributed by atoms with E-state index >= 15 is 0 Å². The van der Waals surface area contributed by atoms with Crippen molar-refractivity contribution < 1.29 is 13.9 Å². The molecule has 0 aliphatic heterocycles. The van der Waals surface area contributed by atoms with Crippen LogP contribution < -0.4 is 10.1 Å². The Morgan fingerprint density at radius 1 is 1.15 bits per heavy atom. The van der Waals surface area contributed by atoms with Crippen LogP contribution in [0.5, 0.6) is 5.75 Å². The maximum atomic E-state index is 12.0. The molecular weight excluding hydrogens is 330 g/mol. The molecule has 134 valence electrons. The van der Waals surface area contributed by atoms with Crippen molar-refractivity contribution in [2.24, 2.45) is 0 Å². The molecule has 0 saturated carbocycles. The molecule has 6 nitrogen and oxygen atoms in total. The summed E-state index contributed by atoms with van der Waals surface area (Å²) in [5.41, 5.74) is 2.07. The molecule has 0 aliphatic rings. The van der Waals surface area contributed by atoms with Crippen molar-refractivity contribution in [1.29, 1.82) is 0 Å². The molecule has 0 fully saturated rings. The number of amides is 1. The smallest absolute Gasteiger partial charge is 0.258 e. The molecular formula is C20H21N3O3. The van der Waals surface area contributed by atoms with Crippen LogP contribution in [0.2, 0.25) is 0 Å².